The van der Waals surface area contributed by atoms with E-state index in [0.29, 0.717) is 31.3 Å². The first-order valence-corrected chi connectivity index (χ1v) is 13.1. The number of benzene rings is 2. The van der Waals surface area contributed by atoms with Gasteiger partial charge in [0.1, 0.15) is 6.04 Å². The van der Waals surface area contributed by atoms with Gasteiger partial charge in [-0.1, -0.05) is 42.5 Å². The molecule has 0 saturated carbocycles. The summed E-state index contributed by atoms with van der Waals surface area (Å²) in [5.41, 5.74) is 6.98. The van der Waals surface area contributed by atoms with Crippen LogP contribution in [0.25, 0.3) is 10.8 Å². The zero-order chi connectivity index (χ0) is 23.6. The van der Waals surface area contributed by atoms with Gasteiger partial charge in [-0.2, -0.15) is 11.8 Å². The molecular weight excluding hydrogens is 436 g/mol. The van der Waals surface area contributed by atoms with Gasteiger partial charge in [-0.15, -0.1) is 0 Å². The van der Waals surface area contributed by atoms with Crippen LogP contribution in [0.4, 0.5) is 0 Å². The number of nitrogens with two attached hydrogens (primary N) is 1. The lowest BCUT2D eigenvalue weighted by Gasteiger charge is -2.31. The van der Waals surface area contributed by atoms with E-state index >= 15 is 0 Å². The fourth-order valence-electron chi connectivity index (χ4n) is 4.65. The highest BCUT2D eigenvalue weighted by atomic mass is 32.2. The van der Waals surface area contributed by atoms with Crippen molar-refractivity contribution >= 4 is 34.4 Å². The van der Waals surface area contributed by atoms with Crippen molar-refractivity contribution in [3.63, 3.8) is 0 Å². The average Bonchev–Trinajstić information content (AvgIpc) is 3.23. The lowest BCUT2D eigenvalue weighted by Crippen LogP contribution is -2.48. The summed E-state index contributed by atoms with van der Waals surface area (Å²) in [5.74, 6) is -0.539. The summed E-state index contributed by atoms with van der Waals surface area (Å²) in [6.07, 6.45) is 4.56. The van der Waals surface area contributed by atoms with Crippen molar-refractivity contribution in [2.75, 3.05) is 44.7 Å². The molecule has 0 bridgehead atoms. The van der Waals surface area contributed by atoms with E-state index in [1.54, 1.807) is 11.8 Å². The molecule has 4 N–H and O–H groups in total. The highest BCUT2D eigenvalue weighted by molar-refractivity contribution is 7.98. The van der Waals surface area contributed by atoms with Crippen LogP contribution in [0.2, 0.25) is 0 Å². The van der Waals surface area contributed by atoms with E-state index in [4.69, 9.17) is 5.73 Å². The van der Waals surface area contributed by atoms with Crippen LogP contribution in [0.5, 0.6) is 0 Å². The molecule has 1 fully saturated rings. The Morgan fingerprint density at radius 1 is 1.27 bits per heavy atom. The van der Waals surface area contributed by atoms with Gasteiger partial charge in [-0.05, 0) is 54.2 Å². The van der Waals surface area contributed by atoms with Crippen LogP contribution in [0.1, 0.15) is 24.8 Å². The Morgan fingerprint density at radius 3 is 2.82 bits per heavy atom. The predicted octanol–water partition coefficient (Wildman–Crippen LogP) is 2.39. The van der Waals surface area contributed by atoms with Crippen molar-refractivity contribution in [1.82, 2.24) is 15.1 Å². The number of aliphatic carboxylic acids is 1. The molecule has 0 unspecified atom stereocenters. The second kappa shape index (κ2) is 12.9. The number of fused-ring (bicyclic) bond motifs is 1. The number of thioether (sulfide) groups is 1. The quantitative estimate of drug-likeness (QED) is 0.412. The van der Waals surface area contributed by atoms with Crippen LogP contribution in [0.15, 0.2) is 42.5 Å². The second-order valence-electron chi connectivity index (χ2n) is 8.67. The maximum atomic E-state index is 12.9. The average molecular weight is 473 g/mol. The summed E-state index contributed by atoms with van der Waals surface area (Å²) in [6, 6.07) is 14.0. The number of carbonyl (C=O) groups excluding carboxylic acids is 1. The first kappa shape index (κ1) is 25.5. The van der Waals surface area contributed by atoms with Crippen molar-refractivity contribution in [3.8, 4) is 0 Å². The molecule has 0 aromatic heterocycles. The van der Waals surface area contributed by atoms with E-state index in [2.05, 4.69) is 45.4 Å². The van der Waals surface area contributed by atoms with Crippen molar-refractivity contribution in [1.29, 1.82) is 0 Å². The number of rotatable bonds is 13. The number of nitrogens with zero attached hydrogens (tertiary/aromatic N) is 2. The molecule has 2 aromatic rings. The van der Waals surface area contributed by atoms with Crippen LogP contribution in [0.3, 0.4) is 0 Å². The maximum absolute atomic E-state index is 12.9. The van der Waals surface area contributed by atoms with Crippen LogP contribution in [-0.2, 0) is 16.1 Å². The van der Waals surface area contributed by atoms with E-state index in [0.717, 1.165) is 32.5 Å². The van der Waals surface area contributed by atoms with Gasteiger partial charge in [0.05, 0.1) is 6.54 Å². The van der Waals surface area contributed by atoms with Gasteiger partial charge in [0.2, 0.25) is 5.91 Å². The van der Waals surface area contributed by atoms with Gasteiger partial charge < -0.3 is 16.2 Å². The molecular formula is C25H36N4O3S. The van der Waals surface area contributed by atoms with Crippen molar-refractivity contribution in [3.05, 3.63) is 48.0 Å². The monoisotopic (exact) mass is 472 g/mol. The molecule has 7 nitrogen and oxygen atoms in total. The Bertz CT molecular complexity index is 920. The van der Waals surface area contributed by atoms with Gasteiger partial charge in [-0.3, -0.25) is 14.6 Å². The largest absolute Gasteiger partial charge is 0.480 e. The van der Waals surface area contributed by atoms with Crippen LogP contribution in [0, 0.1) is 0 Å². The Kier molecular flexibility index (Phi) is 9.99. The fraction of sp³-hybridized carbons (Fsp3) is 0.520. The van der Waals surface area contributed by atoms with E-state index in [1.807, 2.05) is 18.4 Å². The third kappa shape index (κ3) is 7.43. The zero-order valence-corrected chi connectivity index (χ0v) is 20.2. The fourth-order valence-corrected chi connectivity index (χ4v) is 5.12. The normalized spacial score (nSPS) is 17.5. The number of carboxylic acid groups (broad SMARTS) is 1. The lowest BCUT2D eigenvalue weighted by molar-refractivity contribution is -0.142. The molecule has 1 saturated heterocycles. The highest BCUT2D eigenvalue weighted by Crippen LogP contribution is 2.22. The third-order valence-electron chi connectivity index (χ3n) is 6.27. The summed E-state index contributed by atoms with van der Waals surface area (Å²) >= 11 is 1.58. The summed E-state index contributed by atoms with van der Waals surface area (Å²) in [5, 5.41) is 14.6. The van der Waals surface area contributed by atoms with Crippen LogP contribution in [-0.4, -0.2) is 83.6 Å². The minimum Gasteiger partial charge on any atom is -0.480 e. The molecule has 0 aliphatic carbocycles. The van der Waals surface area contributed by atoms with Gasteiger partial charge in [0.15, 0.2) is 0 Å². The SMILES string of the molecule is CSCC[C@H](NC(=O)CN(Cc1cccc2ccccc12)C[C@@H]1CCCN1CCN)C(=O)O. The Morgan fingerprint density at radius 2 is 2.06 bits per heavy atom. The molecule has 8 heteroatoms. The summed E-state index contributed by atoms with van der Waals surface area (Å²) in [6.45, 7) is 4.06. The molecule has 0 radical (unpaired) electrons. The second-order valence-corrected chi connectivity index (χ2v) is 9.65. The lowest BCUT2D eigenvalue weighted by atomic mass is 10.0. The van der Waals surface area contributed by atoms with Crippen molar-refractivity contribution < 1.29 is 14.7 Å². The molecule has 1 heterocycles. The van der Waals surface area contributed by atoms with E-state index in [9.17, 15) is 14.7 Å². The van der Waals surface area contributed by atoms with Gasteiger partial charge in [0, 0.05) is 32.2 Å². The van der Waals surface area contributed by atoms with Gasteiger partial charge >= 0.3 is 5.97 Å². The smallest absolute Gasteiger partial charge is 0.326 e. The number of carbonyl (C=O) groups is 2. The molecule has 33 heavy (non-hydrogen) atoms. The predicted molar refractivity (Wildman–Crippen MR) is 135 cm³/mol. The minimum atomic E-state index is -0.983. The van der Waals surface area contributed by atoms with E-state index in [-0.39, 0.29) is 12.5 Å². The summed E-state index contributed by atoms with van der Waals surface area (Å²) in [7, 11) is 0. The molecule has 180 valence electrons. The topological polar surface area (TPSA) is 98.9 Å². The van der Waals surface area contributed by atoms with E-state index in [1.165, 1.54) is 16.3 Å². The Balaban J connectivity index is 1.76. The summed E-state index contributed by atoms with van der Waals surface area (Å²) < 4.78 is 0. The molecule has 0 spiro atoms. The third-order valence-corrected chi connectivity index (χ3v) is 6.91. The first-order chi connectivity index (χ1) is 16.0. The number of hydrogen-bond acceptors (Lipinski definition) is 6. The Hall–Kier alpha value is -2.13. The number of hydrogen-bond donors (Lipinski definition) is 3. The standard InChI is InChI=1S/C25H36N4O3S/c1-33-15-11-23(25(31)32)27-24(30)18-28(17-21-9-5-13-29(21)14-12-26)16-20-8-4-7-19-6-2-3-10-22(19)20/h2-4,6-8,10,21,23H,5,9,11-18,26H2,1H3,(H,27,30)(H,31,32)/t21-,23-/m0/s1. The number of likely N-dealkylation sites (tertiary alicyclic amines) is 1. The van der Waals surface area contributed by atoms with E-state index < -0.39 is 12.0 Å². The molecule has 1 aliphatic heterocycles. The molecule has 2 atom stereocenters. The Labute approximate surface area is 200 Å². The minimum absolute atomic E-state index is 0.166. The van der Waals surface area contributed by atoms with Crippen LogP contribution < -0.4 is 11.1 Å². The van der Waals surface area contributed by atoms with Crippen LogP contribution >= 0.6 is 11.8 Å². The highest BCUT2D eigenvalue weighted by Gasteiger charge is 2.28. The number of amides is 1. The molecule has 2 aromatic carbocycles. The number of carboxylic acids is 1. The van der Waals surface area contributed by atoms with Gasteiger partial charge in [-0.25, -0.2) is 4.79 Å². The number of nitrogens with one attached hydrogen (secondary N) is 1. The van der Waals surface area contributed by atoms with Crippen molar-refractivity contribution in [2.24, 2.45) is 5.73 Å². The first-order valence-electron chi connectivity index (χ1n) is 11.7. The van der Waals surface area contributed by atoms with Gasteiger partial charge in [0.25, 0.3) is 0 Å². The zero-order valence-electron chi connectivity index (χ0n) is 19.4. The molecule has 3 rings (SSSR count). The molecule has 1 amide bonds. The summed E-state index contributed by atoms with van der Waals surface area (Å²) in [4.78, 5) is 29.1. The maximum Gasteiger partial charge on any atom is 0.326 e. The van der Waals surface area contributed by atoms with Crippen molar-refractivity contribution in [2.45, 2.75) is 37.9 Å². The molecule has 1 aliphatic rings.